The van der Waals surface area contributed by atoms with Crippen molar-refractivity contribution < 1.29 is 14.9 Å². The van der Waals surface area contributed by atoms with Crippen LogP contribution in [0.25, 0.3) is 0 Å². The first-order chi connectivity index (χ1) is 18.3. The summed E-state index contributed by atoms with van der Waals surface area (Å²) in [6.07, 6.45) is 4.64. The summed E-state index contributed by atoms with van der Waals surface area (Å²) in [7, 11) is 0. The number of rotatable bonds is 6. The Bertz CT molecular complexity index is 1480. The average molecular weight is 509 g/mol. The van der Waals surface area contributed by atoms with Gasteiger partial charge in [-0.15, -0.1) is 6.42 Å². The molecule has 0 saturated carbocycles. The normalized spacial score (nSPS) is 22.1. The molecule has 1 aliphatic rings. The van der Waals surface area contributed by atoms with Crippen molar-refractivity contribution in [1.29, 1.82) is 0 Å². The van der Waals surface area contributed by atoms with Gasteiger partial charge in [-0.3, -0.25) is 14.3 Å². The lowest BCUT2D eigenvalue weighted by molar-refractivity contribution is -0.0541. The third-order valence-corrected chi connectivity index (χ3v) is 7.51. The van der Waals surface area contributed by atoms with Gasteiger partial charge in [0, 0.05) is 11.8 Å². The van der Waals surface area contributed by atoms with Crippen LogP contribution < -0.4 is 11.2 Å². The van der Waals surface area contributed by atoms with Crippen molar-refractivity contribution in [3.05, 3.63) is 140 Å². The number of hydrogen-bond donors (Lipinski definition) is 3. The van der Waals surface area contributed by atoms with E-state index in [-0.39, 0.29) is 12.2 Å². The number of H-pyrrole nitrogens is 1. The molecule has 4 atom stereocenters. The fraction of sp³-hybridized carbons (Fsp3) is 0.226. The molecule has 5 rings (SSSR count). The highest BCUT2D eigenvalue weighted by molar-refractivity contribution is 5.55. The zero-order valence-corrected chi connectivity index (χ0v) is 20.8. The molecule has 3 aromatic carbocycles. The Morgan fingerprint density at radius 2 is 1.45 bits per heavy atom. The fourth-order valence-corrected chi connectivity index (χ4v) is 5.77. The smallest absolute Gasteiger partial charge is 0.330 e. The van der Waals surface area contributed by atoms with Crippen LogP contribution in [0.5, 0.6) is 0 Å². The van der Waals surface area contributed by atoms with Gasteiger partial charge in [0.25, 0.3) is 5.56 Å². The number of nitrogens with one attached hydrogen (secondary N) is 1. The number of aromatic nitrogens is 2. The minimum Gasteiger partial charge on any atom is -0.384 e. The van der Waals surface area contributed by atoms with Crippen molar-refractivity contribution in [3.63, 3.8) is 0 Å². The summed E-state index contributed by atoms with van der Waals surface area (Å²) < 4.78 is 7.07. The van der Waals surface area contributed by atoms with Gasteiger partial charge >= 0.3 is 5.69 Å². The summed E-state index contributed by atoms with van der Waals surface area (Å²) in [6.45, 7) is 1.30. The molecule has 1 aliphatic heterocycles. The Morgan fingerprint density at radius 3 is 1.89 bits per heavy atom. The number of nitrogens with zero attached hydrogens (tertiary/aromatic N) is 1. The number of terminal acetylenes is 1. The highest BCUT2D eigenvalue weighted by Crippen LogP contribution is 2.54. The Morgan fingerprint density at radius 1 is 0.974 bits per heavy atom. The molecule has 0 aliphatic carbocycles. The molecule has 2 heterocycles. The molecule has 7 heteroatoms. The zero-order valence-electron chi connectivity index (χ0n) is 20.8. The maximum atomic E-state index is 12.8. The predicted molar refractivity (Wildman–Crippen MR) is 144 cm³/mol. The van der Waals surface area contributed by atoms with Crippen molar-refractivity contribution in [2.45, 2.75) is 30.3 Å². The third-order valence-electron chi connectivity index (χ3n) is 7.51. The van der Waals surface area contributed by atoms with Crippen LogP contribution >= 0.6 is 0 Å². The second kappa shape index (κ2) is 9.92. The van der Waals surface area contributed by atoms with Gasteiger partial charge in [0.1, 0.15) is 11.7 Å². The van der Waals surface area contributed by atoms with E-state index in [0.29, 0.717) is 0 Å². The van der Waals surface area contributed by atoms with E-state index in [2.05, 4.69) is 10.9 Å². The van der Waals surface area contributed by atoms with Crippen LogP contribution in [0.1, 0.15) is 28.5 Å². The summed E-state index contributed by atoms with van der Waals surface area (Å²) in [5.74, 6) is 1.63. The summed E-state index contributed by atoms with van der Waals surface area (Å²) in [4.78, 5) is 26.7. The average Bonchev–Trinajstić information content (AvgIpc) is 3.29. The number of aromatic amines is 1. The molecule has 4 aromatic rings. The Kier molecular flexibility index (Phi) is 6.64. The van der Waals surface area contributed by atoms with Crippen LogP contribution in [0.3, 0.4) is 0 Å². The van der Waals surface area contributed by atoms with Crippen LogP contribution in [-0.4, -0.2) is 38.1 Å². The Labute approximate surface area is 220 Å². The van der Waals surface area contributed by atoms with E-state index in [4.69, 9.17) is 11.2 Å². The van der Waals surface area contributed by atoms with Crippen molar-refractivity contribution >= 4 is 0 Å². The minimum atomic E-state index is -1.75. The lowest BCUT2D eigenvalue weighted by Gasteiger charge is -2.48. The quantitative estimate of drug-likeness (QED) is 0.275. The van der Waals surface area contributed by atoms with Gasteiger partial charge in [-0.25, -0.2) is 4.79 Å². The molecule has 7 nitrogen and oxygen atoms in total. The maximum absolute atomic E-state index is 12.8. The Balaban J connectivity index is 1.76. The van der Waals surface area contributed by atoms with E-state index in [1.165, 1.54) is 13.1 Å². The molecule has 38 heavy (non-hydrogen) atoms. The molecule has 0 amide bonds. The molecule has 0 bridgehead atoms. The monoisotopic (exact) mass is 508 g/mol. The first kappa shape index (κ1) is 25.4. The summed E-state index contributed by atoms with van der Waals surface area (Å²) in [5.41, 5.74) is -1.70. The van der Waals surface area contributed by atoms with Crippen molar-refractivity contribution in [2.75, 3.05) is 6.61 Å². The highest BCUT2D eigenvalue weighted by Gasteiger charge is 2.64. The SMILES string of the molecule is C#C[C@@H]1[C@@H](C(O)n2cc(C)c(=O)[nH]c2=O)OC[C@]1(O)C(c1ccccc1)(c1ccccc1)c1ccccc1. The predicted octanol–water partition coefficient (Wildman–Crippen LogP) is 2.75. The van der Waals surface area contributed by atoms with Crippen LogP contribution in [-0.2, 0) is 10.2 Å². The van der Waals surface area contributed by atoms with Crippen molar-refractivity contribution in [3.8, 4) is 12.3 Å². The van der Waals surface area contributed by atoms with Gasteiger partial charge in [-0.2, -0.15) is 0 Å². The number of aryl methyl sites for hydroxylation is 1. The molecule has 1 aromatic heterocycles. The number of ether oxygens (including phenoxy) is 1. The molecule has 1 unspecified atom stereocenters. The number of benzene rings is 3. The molecular formula is C31H28N2O5. The van der Waals surface area contributed by atoms with E-state index in [9.17, 15) is 19.8 Å². The van der Waals surface area contributed by atoms with E-state index < -0.39 is 40.5 Å². The second-order valence-electron chi connectivity index (χ2n) is 9.58. The summed E-state index contributed by atoms with van der Waals surface area (Å²) >= 11 is 0. The lowest BCUT2D eigenvalue weighted by Crippen LogP contribution is -2.58. The summed E-state index contributed by atoms with van der Waals surface area (Å²) in [5, 5.41) is 24.2. The first-order valence-electron chi connectivity index (χ1n) is 12.3. The second-order valence-corrected chi connectivity index (χ2v) is 9.58. The first-order valence-corrected chi connectivity index (χ1v) is 12.3. The van der Waals surface area contributed by atoms with Crippen LogP contribution in [0.15, 0.2) is 107 Å². The molecule has 1 fully saturated rings. The van der Waals surface area contributed by atoms with Crippen molar-refractivity contribution in [2.24, 2.45) is 5.92 Å². The Hall–Kier alpha value is -4.22. The molecule has 0 spiro atoms. The van der Waals surface area contributed by atoms with Gasteiger partial charge in [0.05, 0.1) is 17.9 Å². The zero-order chi connectivity index (χ0) is 26.9. The van der Waals surface area contributed by atoms with E-state index in [0.717, 1.165) is 21.3 Å². The van der Waals surface area contributed by atoms with Gasteiger partial charge in [-0.05, 0) is 23.6 Å². The maximum Gasteiger partial charge on any atom is 0.330 e. The molecule has 0 radical (unpaired) electrons. The van der Waals surface area contributed by atoms with E-state index in [1.54, 1.807) is 0 Å². The third kappa shape index (κ3) is 3.82. The van der Waals surface area contributed by atoms with Gasteiger partial charge in [0.2, 0.25) is 0 Å². The lowest BCUT2D eigenvalue weighted by atomic mass is 9.56. The topological polar surface area (TPSA) is 105 Å². The highest BCUT2D eigenvalue weighted by atomic mass is 16.5. The van der Waals surface area contributed by atoms with Crippen LogP contribution in [0.2, 0.25) is 0 Å². The largest absolute Gasteiger partial charge is 0.384 e. The molecule has 192 valence electrons. The molecular weight excluding hydrogens is 480 g/mol. The van der Waals surface area contributed by atoms with Crippen LogP contribution in [0.4, 0.5) is 0 Å². The fourth-order valence-electron chi connectivity index (χ4n) is 5.77. The van der Waals surface area contributed by atoms with E-state index >= 15 is 0 Å². The van der Waals surface area contributed by atoms with Crippen LogP contribution in [0, 0.1) is 25.2 Å². The van der Waals surface area contributed by atoms with Crippen molar-refractivity contribution in [1.82, 2.24) is 9.55 Å². The van der Waals surface area contributed by atoms with Gasteiger partial charge in [0.15, 0.2) is 6.23 Å². The number of aliphatic hydroxyl groups is 2. The van der Waals surface area contributed by atoms with Gasteiger partial charge in [-0.1, -0.05) is 96.9 Å². The van der Waals surface area contributed by atoms with E-state index in [1.807, 2.05) is 91.0 Å². The standard InChI is InChI=1S/C31H28N2O5/c1-3-25-26(28(35)33-19-21(2)27(34)32-29(33)36)38-20-30(25,37)31(22-13-7-4-8-14-22,23-15-9-5-10-16-23)24-17-11-6-12-18-24/h1,4-19,25-26,28,35,37H,20H2,2H3,(H,32,34,36)/t25-,26+,28?,30-/m1/s1. The number of hydrogen-bond acceptors (Lipinski definition) is 5. The van der Waals surface area contributed by atoms with Gasteiger partial charge < -0.3 is 14.9 Å². The molecule has 1 saturated heterocycles. The summed E-state index contributed by atoms with van der Waals surface area (Å²) in [6, 6.07) is 28.7. The number of aliphatic hydroxyl groups excluding tert-OH is 1. The minimum absolute atomic E-state index is 0.223. The molecule has 3 N–H and O–H groups in total.